The molecule has 0 saturated carbocycles. The van der Waals surface area contributed by atoms with Crippen molar-refractivity contribution >= 4 is 33.4 Å². The van der Waals surface area contributed by atoms with Crippen LogP contribution < -0.4 is 9.47 Å². The van der Waals surface area contributed by atoms with Gasteiger partial charge in [-0.3, -0.25) is 9.59 Å². The number of aliphatic hydroxyl groups excluding tert-OH is 1. The number of carbonyl (C=O) groups is 2. The number of halogens is 1. The number of ether oxygens (including phenoxy) is 2. The number of nitrogens with zero attached hydrogens (tertiary/aromatic N) is 1. The lowest BCUT2D eigenvalue weighted by atomic mass is 9.95. The fourth-order valence-corrected chi connectivity index (χ4v) is 4.44. The van der Waals surface area contributed by atoms with Gasteiger partial charge in [0, 0.05) is 15.6 Å². The van der Waals surface area contributed by atoms with Crippen LogP contribution in [0, 0.1) is 0 Å². The van der Waals surface area contributed by atoms with Crippen molar-refractivity contribution in [2.45, 2.75) is 32.5 Å². The van der Waals surface area contributed by atoms with Crippen LogP contribution in [0.15, 0.2) is 82.8 Å². The van der Waals surface area contributed by atoms with Gasteiger partial charge in [-0.05, 0) is 49.7 Å². The Bertz CT molecular complexity index is 1270. The second kappa shape index (κ2) is 10.4. The number of likely N-dealkylation sites (tertiary alicyclic amines) is 1. The molecule has 180 valence electrons. The maximum atomic E-state index is 13.3. The normalized spacial score (nSPS) is 17.2. The van der Waals surface area contributed by atoms with Crippen molar-refractivity contribution in [3.05, 3.63) is 99.5 Å². The van der Waals surface area contributed by atoms with Crippen molar-refractivity contribution in [2.75, 3.05) is 7.11 Å². The Balaban J connectivity index is 1.83. The van der Waals surface area contributed by atoms with Crippen LogP contribution in [0.5, 0.6) is 11.5 Å². The molecule has 3 aromatic rings. The minimum Gasteiger partial charge on any atom is -0.507 e. The van der Waals surface area contributed by atoms with Crippen LogP contribution >= 0.6 is 15.9 Å². The number of aliphatic hydroxyl groups is 1. The molecular formula is C28H26BrNO5. The van der Waals surface area contributed by atoms with E-state index in [0.717, 1.165) is 10.0 Å². The summed E-state index contributed by atoms with van der Waals surface area (Å²) < 4.78 is 12.0. The highest BCUT2D eigenvalue weighted by molar-refractivity contribution is 9.10. The van der Waals surface area contributed by atoms with Gasteiger partial charge in [0.15, 0.2) is 0 Å². The zero-order chi connectivity index (χ0) is 25.1. The van der Waals surface area contributed by atoms with Gasteiger partial charge in [0.05, 0.1) is 31.4 Å². The lowest BCUT2D eigenvalue weighted by Gasteiger charge is -2.26. The van der Waals surface area contributed by atoms with Crippen LogP contribution in [-0.2, 0) is 16.1 Å². The molecular weight excluding hydrogens is 510 g/mol. The Morgan fingerprint density at radius 1 is 1.00 bits per heavy atom. The van der Waals surface area contributed by atoms with Crippen molar-refractivity contribution in [1.29, 1.82) is 0 Å². The molecule has 1 amide bonds. The largest absolute Gasteiger partial charge is 0.507 e. The molecule has 0 bridgehead atoms. The third-order valence-corrected chi connectivity index (χ3v) is 6.29. The summed E-state index contributed by atoms with van der Waals surface area (Å²) in [7, 11) is 1.56. The van der Waals surface area contributed by atoms with Gasteiger partial charge >= 0.3 is 0 Å². The maximum Gasteiger partial charge on any atom is 0.295 e. The van der Waals surface area contributed by atoms with Crippen LogP contribution in [-0.4, -0.2) is 34.9 Å². The number of methoxy groups -OCH3 is 1. The molecule has 0 radical (unpaired) electrons. The smallest absolute Gasteiger partial charge is 0.295 e. The number of Topliss-reactive ketones (excluding diaryl/α,β-unsaturated/α-hetero) is 1. The van der Waals surface area contributed by atoms with Crippen LogP contribution in [0.3, 0.4) is 0 Å². The van der Waals surface area contributed by atoms with Gasteiger partial charge in [-0.2, -0.15) is 0 Å². The van der Waals surface area contributed by atoms with Crippen LogP contribution in [0.4, 0.5) is 0 Å². The summed E-state index contributed by atoms with van der Waals surface area (Å²) in [6.07, 6.45) is 0.00874. The van der Waals surface area contributed by atoms with Crippen molar-refractivity contribution in [2.24, 2.45) is 0 Å². The Kier molecular flexibility index (Phi) is 7.26. The third kappa shape index (κ3) is 5.10. The van der Waals surface area contributed by atoms with Gasteiger partial charge < -0.3 is 19.5 Å². The first-order chi connectivity index (χ1) is 16.8. The fraction of sp³-hybridized carbons (Fsp3) is 0.214. The molecule has 1 saturated heterocycles. The first-order valence-electron chi connectivity index (χ1n) is 11.2. The van der Waals surface area contributed by atoms with E-state index in [1.165, 1.54) is 4.90 Å². The predicted octanol–water partition coefficient (Wildman–Crippen LogP) is 5.87. The molecule has 7 heteroatoms. The van der Waals surface area contributed by atoms with E-state index in [4.69, 9.17) is 9.47 Å². The molecule has 35 heavy (non-hydrogen) atoms. The van der Waals surface area contributed by atoms with Gasteiger partial charge in [0.25, 0.3) is 11.7 Å². The molecule has 1 aliphatic heterocycles. The predicted molar refractivity (Wildman–Crippen MR) is 137 cm³/mol. The van der Waals surface area contributed by atoms with Gasteiger partial charge in [0.1, 0.15) is 17.3 Å². The second-order valence-corrected chi connectivity index (χ2v) is 9.40. The number of rotatable bonds is 7. The molecule has 1 fully saturated rings. The number of benzene rings is 3. The Hall–Kier alpha value is -3.58. The molecule has 3 aromatic carbocycles. The fourth-order valence-electron chi connectivity index (χ4n) is 4.17. The minimum absolute atomic E-state index is 0.00874. The number of carbonyl (C=O) groups excluding carboxylic acids is 2. The molecule has 1 heterocycles. The average Bonchev–Trinajstić information content (AvgIpc) is 3.09. The molecule has 1 aliphatic rings. The monoisotopic (exact) mass is 535 g/mol. The topological polar surface area (TPSA) is 76.1 Å². The lowest BCUT2D eigenvalue weighted by Crippen LogP contribution is -2.29. The summed E-state index contributed by atoms with van der Waals surface area (Å²) in [5.74, 6) is -0.333. The summed E-state index contributed by atoms with van der Waals surface area (Å²) in [6, 6.07) is 20.7. The summed E-state index contributed by atoms with van der Waals surface area (Å²) in [5.41, 5.74) is 1.94. The van der Waals surface area contributed by atoms with Crippen molar-refractivity contribution in [3.63, 3.8) is 0 Å². The van der Waals surface area contributed by atoms with Gasteiger partial charge in [-0.25, -0.2) is 0 Å². The van der Waals surface area contributed by atoms with Crippen LogP contribution in [0.25, 0.3) is 5.76 Å². The first-order valence-corrected chi connectivity index (χ1v) is 12.0. The van der Waals surface area contributed by atoms with E-state index in [0.29, 0.717) is 22.6 Å². The number of amides is 1. The average molecular weight is 536 g/mol. The number of ketones is 1. The van der Waals surface area contributed by atoms with E-state index in [-0.39, 0.29) is 24.0 Å². The van der Waals surface area contributed by atoms with E-state index in [1.807, 2.05) is 44.2 Å². The third-order valence-electron chi connectivity index (χ3n) is 5.76. The van der Waals surface area contributed by atoms with E-state index in [2.05, 4.69) is 15.9 Å². The zero-order valence-corrected chi connectivity index (χ0v) is 21.3. The van der Waals surface area contributed by atoms with Gasteiger partial charge in [-0.15, -0.1) is 0 Å². The SMILES string of the molecule is COc1ccccc1CN1C(=O)C(=O)/C(=C(/O)c2ccc(Br)cc2)C1c1ccc(OC(C)C)cc1. The van der Waals surface area contributed by atoms with Crippen molar-refractivity contribution in [3.8, 4) is 11.5 Å². The molecule has 0 aromatic heterocycles. The zero-order valence-electron chi connectivity index (χ0n) is 19.7. The minimum atomic E-state index is -0.781. The lowest BCUT2D eigenvalue weighted by molar-refractivity contribution is -0.140. The molecule has 1 unspecified atom stereocenters. The van der Waals surface area contributed by atoms with Crippen LogP contribution in [0.2, 0.25) is 0 Å². The summed E-state index contributed by atoms with van der Waals surface area (Å²) in [4.78, 5) is 28.0. The van der Waals surface area contributed by atoms with E-state index in [9.17, 15) is 14.7 Å². The van der Waals surface area contributed by atoms with Crippen molar-refractivity contribution in [1.82, 2.24) is 4.90 Å². The number of hydrogen-bond acceptors (Lipinski definition) is 5. The van der Waals surface area contributed by atoms with Crippen molar-refractivity contribution < 1.29 is 24.2 Å². The van der Waals surface area contributed by atoms with Gasteiger partial charge in [0.2, 0.25) is 0 Å². The Labute approximate surface area is 212 Å². The standard InChI is InChI=1S/C28H26BrNO5/c1-17(2)35-22-14-10-18(11-15-22)25-24(26(31)19-8-12-21(29)13-9-19)27(32)28(33)30(25)16-20-6-4-5-7-23(20)34-3/h4-15,17,25,31H,16H2,1-3H3/b26-24+. The highest BCUT2D eigenvalue weighted by Gasteiger charge is 2.46. The molecule has 1 N–H and O–H groups in total. The molecule has 4 rings (SSSR count). The highest BCUT2D eigenvalue weighted by Crippen LogP contribution is 2.41. The maximum absolute atomic E-state index is 13.3. The molecule has 6 nitrogen and oxygen atoms in total. The summed E-state index contributed by atoms with van der Waals surface area (Å²) in [5, 5.41) is 11.2. The molecule has 0 spiro atoms. The number of hydrogen-bond donors (Lipinski definition) is 1. The highest BCUT2D eigenvalue weighted by atomic mass is 79.9. The number of para-hydroxylation sites is 1. The van der Waals surface area contributed by atoms with Crippen LogP contribution in [0.1, 0.15) is 36.6 Å². The van der Waals surface area contributed by atoms with E-state index < -0.39 is 17.7 Å². The Morgan fingerprint density at radius 2 is 1.66 bits per heavy atom. The first kappa shape index (κ1) is 24.5. The van der Waals surface area contributed by atoms with E-state index in [1.54, 1.807) is 49.6 Å². The summed E-state index contributed by atoms with van der Waals surface area (Å²) >= 11 is 3.38. The second-order valence-electron chi connectivity index (χ2n) is 8.48. The summed E-state index contributed by atoms with van der Waals surface area (Å²) in [6.45, 7) is 4.02. The molecule has 0 aliphatic carbocycles. The van der Waals surface area contributed by atoms with E-state index >= 15 is 0 Å². The molecule has 1 atom stereocenters. The van der Waals surface area contributed by atoms with Gasteiger partial charge in [-0.1, -0.05) is 58.4 Å². The Morgan fingerprint density at radius 3 is 2.29 bits per heavy atom. The quantitative estimate of drug-likeness (QED) is 0.232.